The predicted molar refractivity (Wildman–Crippen MR) is 74.4 cm³/mol. The molecular formula is C16H28. The number of rotatable bonds is 11. The molecule has 0 aromatic carbocycles. The van der Waals surface area contributed by atoms with Gasteiger partial charge in [0.05, 0.1) is 0 Å². The minimum atomic E-state index is 0.883. The summed E-state index contributed by atoms with van der Waals surface area (Å²) < 4.78 is 0. The van der Waals surface area contributed by atoms with E-state index >= 15 is 0 Å². The Labute approximate surface area is 103 Å². The van der Waals surface area contributed by atoms with Gasteiger partial charge in [0.2, 0.25) is 0 Å². The quantitative estimate of drug-likeness (QED) is 0.245. The third-order valence-electron chi connectivity index (χ3n) is 2.85. The van der Waals surface area contributed by atoms with E-state index in [-0.39, 0.29) is 0 Å². The molecule has 0 N–H and O–H groups in total. The Morgan fingerprint density at radius 2 is 1.38 bits per heavy atom. The first-order valence-electron chi connectivity index (χ1n) is 7.00. The Balaban J connectivity index is 2.98. The van der Waals surface area contributed by atoms with E-state index in [9.17, 15) is 0 Å². The molecule has 0 bridgehead atoms. The van der Waals surface area contributed by atoms with Gasteiger partial charge in [-0.15, -0.1) is 12.3 Å². The number of terminal acetylenes is 1. The van der Waals surface area contributed by atoms with Gasteiger partial charge in [0, 0.05) is 6.42 Å². The van der Waals surface area contributed by atoms with Gasteiger partial charge in [-0.3, -0.25) is 0 Å². The SMILES string of the molecule is C#CCCC=CCCCCCCCCCC. The molecule has 0 saturated heterocycles. The van der Waals surface area contributed by atoms with Crippen molar-refractivity contribution in [3.8, 4) is 12.3 Å². The van der Waals surface area contributed by atoms with Crippen molar-refractivity contribution in [3.05, 3.63) is 12.2 Å². The van der Waals surface area contributed by atoms with Crippen molar-refractivity contribution in [2.24, 2.45) is 0 Å². The van der Waals surface area contributed by atoms with Crippen molar-refractivity contribution in [3.63, 3.8) is 0 Å². The fourth-order valence-electron chi connectivity index (χ4n) is 1.80. The summed E-state index contributed by atoms with van der Waals surface area (Å²) in [5.74, 6) is 2.65. The molecule has 0 heteroatoms. The van der Waals surface area contributed by atoms with Crippen LogP contribution in [-0.2, 0) is 0 Å². The minimum absolute atomic E-state index is 0.883. The summed E-state index contributed by atoms with van der Waals surface area (Å²) in [6.07, 6.45) is 24.1. The fourth-order valence-corrected chi connectivity index (χ4v) is 1.80. The van der Waals surface area contributed by atoms with Gasteiger partial charge in [0.1, 0.15) is 0 Å². The largest absolute Gasteiger partial charge is 0.120 e. The van der Waals surface area contributed by atoms with Crippen LogP contribution in [-0.4, -0.2) is 0 Å². The molecule has 92 valence electrons. The summed E-state index contributed by atoms with van der Waals surface area (Å²) >= 11 is 0. The molecular weight excluding hydrogens is 192 g/mol. The van der Waals surface area contributed by atoms with E-state index in [0.717, 1.165) is 12.8 Å². The Morgan fingerprint density at radius 3 is 2.00 bits per heavy atom. The van der Waals surface area contributed by atoms with Crippen LogP contribution in [0.25, 0.3) is 0 Å². The number of allylic oxidation sites excluding steroid dienone is 2. The van der Waals surface area contributed by atoms with Crippen LogP contribution in [0, 0.1) is 12.3 Å². The van der Waals surface area contributed by atoms with E-state index in [2.05, 4.69) is 25.0 Å². The smallest absolute Gasteiger partial charge is 0.0121 e. The Morgan fingerprint density at radius 1 is 0.812 bits per heavy atom. The van der Waals surface area contributed by atoms with Crippen LogP contribution in [0.3, 0.4) is 0 Å². The predicted octanol–water partition coefficient (Wildman–Crippen LogP) is 5.49. The van der Waals surface area contributed by atoms with E-state index in [0.29, 0.717) is 0 Å². The van der Waals surface area contributed by atoms with Crippen LogP contribution in [0.1, 0.15) is 77.6 Å². The average molecular weight is 220 g/mol. The Bertz CT molecular complexity index is 183. The molecule has 0 nitrogen and oxygen atoms in total. The molecule has 0 aliphatic carbocycles. The van der Waals surface area contributed by atoms with Gasteiger partial charge >= 0.3 is 0 Å². The molecule has 0 heterocycles. The van der Waals surface area contributed by atoms with Crippen molar-refractivity contribution in [1.29, 1.82) is 0 Å². The lowest BCUT2D eigenvalue weighted by Gasteiger charge is -1.99. The zero-order valence-electron chi connectivity index (χ0n) is 11.0. The molecule has 0 radical (unpaired) electrons. The molecule has 0 fully saturated rings. The van der Waals surface area contributed by atoms with Crippen molar-refractivity contribution < 1.29 is 0 Å². The monoisotopic (exact) mass is 220 g/mol. The molecule has 0 unspecified atom stereocenters. The van der Waals surface area contributed by atoms with Crippen LogP contribution in [0.15, 0.2) is 12.2 Å². The molecule has 0 aliphatic heterocycles. The molecule has 0 atom stereocenters. The molecule has 0 aromatic rings. The second kappa shape index (κ2) is 14.3. The molecule has 0 spiro atoms. The normalized spacial score (nSPS) is 10.8. The van der Waals surface area contributed by atoms with Crippen LogP contribution < -0.4 is 0 Å². The van der Waals surface area contributed by atoms with Gasteiger partial charge < -0.3 is 0 Å². The van der Waals surface area contributed by atoms with Gasteiger partial charge in [-0.2, -0.15) is 0 Å². The highest BCUT2D eigenvalue weighted by molar-refractivity contribution is 4.90. The Hall–Kier alpha value is -0.700. The molecule has 0 saturated carbocycles. The summed E-state index contributed by atoms with van der Waals surface area (Å²) in [6.45, 7) is 2.27. The standard InChI is InChI=1S/C16H28/c1-3-5-7-9-11-13-15-16-14-12-10-8-6-4-2/h1,9,11H,4-8,10,12-16H2,2H3. The number of hydrogen-bond acceptors (Lipinski definition) is 0. The maximum absolute atomic E-state index is 5.18. The summed E-state index contributed by atoms with van der Waals surface area (Å²) in [7, 11) is 0. The third-order valence-corrected chi connectivity index (χ3v) is 2.85. The van der Waals surface area contributed by atoms with Gasteiger partial charge in [0.15, 0.2) is 0 Å². The summed E-state index contributed by atoms with van der Waals surface area (Å²) in [4.78, 5) is 0. The van der Waals surface area contributed by atoms with Crippen LogP contribution >= 0.6 is 0 Å². The molecule has 0 aromatic heterocycles. The molecule has 16 heavy (non-hydrogen) atoms. The second-order valence-electron chi connectivity index (χ2n) is 4.48. The van der Waals surface area contributed by atoms with Crippen molar-refractivity contribution in [2.75, 3.05) is 0 Å². The lowest BCUT2D eigenvalue weighted by molar-refractivity contribution is 0.577. The van der Waals surface area contributed by atoms with E-state index in [1.807, 2.05) is 0 Å². The van der Waals surface area contributed by atoms with Crippen LogP contribution in [0.2, 0.25) is 0 Å². The first-order chi connectivity index (χ1) is 7.91. The highest BCUT2D eigenvalue weighted by Crippen LogP contribution is 2.09. The van der Waals surface area contributed by atoms with Gasteiger partial charge in [-0.05, 0) is 19.3 Å². The van der Waals surface area contributed by atoms with E-state index in [1.54, 1.807) is 0 Å². The lowest BCUT2D eigenvalue weighted by Crippen LogP contribution is -1.79. The van der Waals surface area contributed by atoms with Crippen molar-refractivity contribution >= 4 is 0 Å². The first kappa shape index (κ1) is 15.3. The van der Waals surface area contributed by atoms with Crippen molar-refractivity contribution in [1.82, 2.24) is 0 Å². The Kier molecular flexibility index (Phi) is 13.7. The van der Waals surface area contributed by atoms with Crippen LogP contribution in [0.5, 0.6) is 0 Å². The zero-order valence-corrected chi connectivity index (χ0v) is 11.0. The summed E-state index contributed by atoms with van der Waals surface area (Å²) in [6, 6.07) is 0. The van der Waals surface area contributed by atoms with Gasteiger partial charge in [-0.1, -0.05) is 64.0 Å². The topological polar surface area (TPSA) is 0 Å². The molecule has 0 amide bonds. The van der Waals surface area contributed by atoms with Crippen LogP contribution in [0.4, 0.5) is 0 Å². The molecule has 0 rings (SSSR count). The number of unbranched alkanes of at least 4 members (excludes halogenated alkanes) is 9. The van der Waals surface area contributed by atoms with Gasteiger partial charge in [-0.25, -0.2) is 0 Å². The average Bonchev–Trinajstić information content (AvgIpc) is 2.31. The van der Waals surface area contributed by atoms with Crippen molar-refractivity contribution in [2.45, 2.75) is 77.6 Å². The third kappa shape index (κ3) is 13.3. The fraction of sp³-hybridized carbons (Fsp3) is 0.750. The van der Waals surface area contributed by atoms with E-state index in [1.165, 1.54) is 57.8 Å². The lowest BCUT2D eigenvalue weighted by atomic mass is 10.1. The summed E-state index contributed by atoms with van der Waals surface area (Å²) in [5, 5.41) is 0. The summed E-state index contributed by atoms with van der Waals surface area (Å²) in [5.41, 5.74) is 0. The second-order valence-corrected chi connectivity index (χ2v) is 4.48. The zero-order chi connectivity index (χ0) is 11.9. The van der Waals surface area contributed by atoms with E-state index < -0.39 is 0 Å². The number of hydrogen-bond donors (Lipinski definition) is 0. The highest BCUT2D eigenvalue weighted by atomic mass is 14.0. The molecule has 0 aliphatic rings. The highest BCUT2D eigenvalue weighted by Gasteiger charge is 1.90. The van der Waals surface area contributed by atoms with E-state index in [4.69, 9.17) is 6.42 Å². The maximum Gasteiger partial charge on any atom is 0.0121 e. The first-order valence-corrected chi connectivity index (χ1v) is 7.00. The van der Waals surface area contributed by atoms with Gasteiger partial charge in [0.25, 0.3) is 0 Å². The minimum Gasteiger partial charge on any atom is -0.120 e. The maximum atomic E-state index is 5.18.